The number of hydrogen-bond donors (Lipinski definition) is 1. The fourth-order valence-corrected chi connectivity index (χ4v) is 5.63. The van der Waals surface area contributed by atoms with Crippen LogP contribution in [0.3, 0.4) is 0 Å². The summed E-state index contributed by atoms with van der Waals surface area (Å²) >= 11 is 0. The van der Waals surface area contributed by atoms with Crippen LogP contribution in [0.25, 0.3) is 0 Å². The number of pyridine rings is 1. The van der Waals surface area contributed by atoms with Gasteiger partial charge in [0.1, 0.15) is 11.6 Å². The molecule has 0 spiro atoms. The van der Waals surface area contributed by atoms with E-state index in [0.717, 1.165) is 23.4 Å². The van der Waals surface area contributed by atoms with Crippen LogP contribution in [-0.2, 0) is 26.7 Å². The maximum absolute atomic E-state index is 13.5. The average Bonchev–Trinajstić information content (AvgIpc) is 3.40. The molecular formula is C25H27F6N7O4. The molecule has 0 radical (unpaired) electrons. The summed E-state index contributed by atoms with van der Waals surface area (Å²) in [7, 11) is 1.36. The van der Waals surface area contributed by atoms with Crippen molar-refractivity contribution in [3.63, 3.8) is 0 Å². The van der Waals surface area contributed by atoms with E-state index in [4.69, 9.17) is 4.74 Å². The predicted molar refractivity (Wildman–Crippen MR) is 136 cm³/mol. The minimum atomic E-state index is -4.87. The van der Waals surface area contributed by atoms with Gasteiger partial charge in [-0.3, -0.25) is 14.4 Å². The lowest BCUT2D eigenvalue weighted by Crippen LogP contribution is -2.63. The Morgan fingerprint density at radius 3 is 2.52 bits per heavy atom. The van der Waals surface area contributed by atoms with Crippen molar-refractivity contribution in [2.24, 2.45) is 0 Å². The van der Waals surface area contributed by atoms with E-state index in [1.54, 1.807) is 4.90 Å². The van der Waals surface area contributed by atoms with Gasteiger partial charge in [-0.25, -0.2) is 10.1 Å². The quantitative estimate of drug-likeness (QED) is 0.395. The molecule has 0 aliphatic carbocycles. The summed E-state index contributed by atoms with van der Waals surface area (Å²) in [6.45, 7) is 0.693. The number of piperazine rings is 1. The number of halogens is 6. The number of carbonyl (C=O) groups is 2. The second-order valence-corrected chi connectivity index (χ2v) is 10.3. The van der Waals surface area contributed by atoms with Gasteiger partial charge in [-0.15, -0.1) is 0 Å². The van der Waals surface area contributed by atoms with Gasteiger partial charge in [-0.05, 0) is 18.9 Å². The second-order valence-electron chi connectivity index (χ2n) is 10.3. The average molecular weight is 604 g/mol. The van der Waals surface area contributed by atoms with Crippen LogP contribution in [0, 0.1) is 0 Å². The number of rotatable bonds is 6. The Kier molecular flexibility index (Phi) is 7.80. The van der Waals surface area contributed by atoms with Crippen LogP contribution < -0.4 is 20.3 Å². The second kappa shape index (κ2) is 11.1. The molecule has 0 aromatic carbocycles. The van der Waals surface area contributed by atoms with E-state index in [-0.39, 0.29) is 68.9 Å². The number of alkyl halides is 6. The lowest BCUT2D eigenvalue weighted by Gasteiger charge is -2.46. The Morgan fingerprint density at radius 2 is 1.81 bits per heavy atom. The molecule has 42 heavy (non-hydrogen) atoms. The maximum Gasteiger partial charge on any atom is 0.423 e. The van der Waals surface area contributed by atoms with Gasteiger partial charge in [0.2, 0.25) is 5.91 Å². The van der Waals surface area contributed by atoms with Crippen molar-refractivity contribution < 1.29 is 40.7 Å². The van der Waals surface area contributed by atoms with Crippen LogP contribution >= 0.6 is 0 Å². The summed E-state index contributed by atoms with van der Waals surface area (Å²) in [4.78, 5) is 47.4. The zero-order valence-electron chi connectivity index (χ0n) is 22.3. The molecule has 2 saturated heterocycles. The molecule has 17 heteroatoms. The molecule has 3 aliphatic heterocycles. The Bertz CT molecular complexity index is 1410. The van der Waals surface area contributed by atoms with Crippen molar-refractivity contribution in [2.75, 3.05) is 61.1 Å². The summed E-state index contributed by atoms with van der Waals surface area (Å²) in [5.41, 5.74) is -3.90. The molecule has 2 aromatic heterocycles. The first kappa shape index (κ1) is 29.6. The van der Waals surface area contributed by atoms with Gasteiger partial charge in [-0.1, -0.05) is 0 Å². The van der Waals surface area contributed by atoms with Crippen LogP contribution in [0.1, 0.15) is 30.4 Å². The number of aromatic nitrogens is 3. The third-order valence-corrected chi connectivity index (χ3v) is 7.73. The predicted octanol–water partition coefficient (Wildman–Crippen LogP) is 2.27. The van der Waals surface area contributed by atoms with E-state index in [1.165, 1.54) is 16.8 Å². The molecule has 11 nitrogen and oxygen atoms in total. The van der Waals surface area contributed by atoms with Crippen molar-refractivity contribution in [3.8, 4) is 0 Å². The van der Waals surface area contributed by atoms with Crippen LogP contribution in [0.2, 0.25) is 0 Å². The van der Waals surface area contributed by atoms with Crippen LogP contribution in [0.5, 0.6) is 0 Å². The molecule has 5 rings (SSSR count). The van der Waals surface area contributed by atoms with Gasteiger partial charge in [0.25, 0.3) is 11.5 Å². The summed E-state index contributed by atoms with van der Waals surface area (Å²) in [6, 6.07) is -0.385. The Balaban J connectivity index is 1.17. The number of H-pyrrole nitrogens is 1. The monoisotopic (exact) mass is 603 g/mol. The molecule has 5 heterocycles. The molecule has 2 atom stereocenters. The molecule has 228 valence electrons. The van der Waals surface area contributed by atoms with Gasteiger partial charge in [0.05, 0.1) is 55.4 Å². The Morgan fingerprint density at radius 1 is 1.05 bits per heavy atom. The van der Waals surface area contributed by atoms with Crippen LogP contribution in [-0.4, -0.2) is 90.4 Å². The summed E-state index contributed by atoms with van der Waals surface area (Å²) < 4.78 is 85.7. The van der Waals surface area contributed by atoms with Crippen molar-refractivity contribution in [1.82, 2.24) is 20.1 Å². The molecule has 2 fully saturated rings. The minimum absolute atomic E-state index is 0.0102. The summed E-state index contributed by atoms with van der Waals surface area (Å²) in [5.74, 6) is -0.542. The molecule has 1 N–H and O–H groups in total. The number of hydrogen-bond acceptors (Lipinski definition) is 8. The smallest absolute Gasteiger partial charge is 0.379 e. The van der Waals surface area contributed by atoms with Crippen molar-refractivity contribution in [1.29, 1.82) is 0 Å². The largest absolute Gasteiger partial charge is 0.423 e. The standard InChI is InChI=1S/C25H27F6N7O4/c1-35-16-9-14(24(26,27)28)10-32-21(16)38-7-6-36(12-18(38)23(35)41)19(39)4-8-42-13-15-3-2-5-37(15)17-11-33-34-22(40)20(17)25(29,30)31/h9-11,15,18H,2-8,12-13H2,1H3,(H,34,40)/t15-,18?/m0/s1. The van der Waals surface area contributed by atoms with Gasteiger partial charge >= 0.3 is 12.4 Å². The van der Waals surface area contributed by atoms with E-state index in [1.807, 2.05) is 5.10 Å². The third-order valence-electron chi connectivity index (χ3n) is 7.73. The number of fused-ring (bicyclic) bond motifs is 3. The number of anilines is 3. The number of ether oxygens (including phenoxy) is 1. The zero-order chi connectivity index (χ0) is 30.4. The Labute approximate surface area is 235 Å². The first-order chi connectivity index (χ1) is 19.8. The molecule has 1 unspecified atom stereocenters. The van der Waals surface area contributed by atoms with E-state index in [0.29, 0.717) is 12.8 Å². The SMILES string of the molecule is CN1C(=O)C2CN(C(=O)CCOC[C@@H]3CCCN3c3cn[nH]c(=O)c3C(F)(F)F)CCN2c2ncc(C(F)(F)F)cc21. The lowest BCUT2D eigenvalue weighted by molar-refractivity contribution is -0.139. The Hall–Kier alpha value is -3.89. The van der Waals surface area contributed by atoms with Gasteiger partial charge in [0, 0.05) is 32.9 Å². The maximum atomic E-state index is 13.5. The van der Waals surface area contributed by atoms with E-state index in [9.17, 15) is 40.7 Å². The highest BCUT2D eigenvalue weighted by atomic mass is 19.4. The van der Waals surface area contributed by atoms with Crippen LogP contribution in [0.4, 0.5) is 43.5 Å². The number of aromatic amines is 1. The molecule has 2 aromatic rings. The molecule has 3 aliphatic rings. The number of carbonyl (C=O) groups excluding carboxylic acids is 2. The van der Waals surface area contributed by atoms with E-state index < -0.39 is 47.0 Å². The summed E-state index contributed by atoms with van der Waals surface area (Å²) in [6.07, 6.45) is -6.73. The first-order valence-electron chi connectivity index (χ1n) is 13.2. The van der Waals surface area contributed by atoms with Crippen molar-refractivity contribution in [3.05, 3.63) is 39.9 Å². The van der Waals surface area contributed by atoms with Gasteiger partial charge in [0.15, 0.2) is 5.82 Å². The highest BCUT2D eigenvalue weighted by Crippen LogP contribution is 2.40. The number of nitrogens with one attached hydrogen (secondary N) is 1. The molecule has 0 saturated carbocycles. The minimum Gasteiger partial charge on any atom is -0.379 e. The topological polar surface area (TPSA) is 115 Å². The van der Waals surface area contributed by atoms with E-state index >= 15 is 0 Å². The van der Waals surface area contributed by atoms with Crippen LogP contribution in [0.15, 0.2) is 23.3 Å². The van der Waals surface area contributed by atoms with Crippen molar-refractivity contribution >= 4 is 29.0 Å². The normalized spacial score (nSPS) is 21.1. The van der Waals surface area contributed by atoms with Crippen molar-refractivity contribution in [2.45, 2.75) is 43.7 Å². The fourth-order valence-electron chi connectivity index (χ4n) is 5.63. The molecule has 2 amide bonds. The highest BCUT2D eigenvalue weighted by molar-refractivity contribution is 6.05. The highest BCUT2D eigenvalue weighted by Gasteiger charge is 2.44. The number of amides is 2. The summed E-state index contributed by atoms with van der Waals surface area (Å²) in [5, 5.41) is 5.34. The third kappa shape index (κ3) is 5.61. The zero-order valence-corrected chi connectivity index (χ0v) is 22.3. The first-order valence-corrected chi connectivity index (χ1v) is 13.2. The van der Waals surface area contributed by atoms with E-state index in [2.05, 4.69) is 10.1 Å². The molecular weight excluding hydrogens is 576 g/mol. The number of nitrogens with zero attached hydrogens (tertiary/aromatic N) is 6. The fraction of sp³-hybridized carbons (Fsp3) is 0.560. The number of likely N-dealkylation sites (N-methyl/N-ethyl adjacent to an activating group) is 1. The lowest BCUT2D eigenvalue weighted by atomic mass is 10.0. The van der Waals surface area contributed by atoms with Gasteiger partial charge < -0.3 is 24.3 Å². The molecule has 0 bridgehead atoms. The van der Waals surface area contributed by atoms with Gasteiger partial charge in [-0.2, -0.15) is 31.4 Å².